The number of para-hydroxylation sites is 1. The number of ether oxygens (including phenoxy) is 1. The highest BCUT2D eigenvalue weighted by Crippen LogP contribution is 2.35. The molecule has 9 heteroatoms. The summed E-state index contributed by atoms with van der Waals surface area (Å²) in [5.74, 6) is 0.273. The summed E-state index contributed by atoms with van der Waals surface area (Å²) in [4.78, 5) is 24.9. The van der Waals surface area contributed by atoms with E-state index in [1.165, 1.54) is 6.07 Å². The number of hydrogen-bond donors (Lipinski definition) is 2. The number of carboxylic acids is 1. The molecule has 0 radical (unpaired) electrons. The zero-order valence-corrected chi connectivity index (χ0v) is 21.0. The van der Waals surface area contributed by atoms with Crippen molar-refractivity contribution in [3.63, 3.8) is 0 Å². The molecule has 0 fully saturated rings. The number of aromatic nitrogens is 2. The van der Waals surface area contributed by atoms with Gasteiger partial charge in [0, 0.05) is 11.1 Å². The Labute approximate surface area is 217 Å². The molecule has 7 nitrogen and oxygen atoms in total. The number of nitrogens with zero attached hydrogens (tertiary/aromatic N) is 2. The summed E-state index contributed by atoms with van der Waals surface area (Å²) in [7, 11) is 0. The van der Waals surface area contributed by atoms with Gasteiger partial charge in [0.15, 0.2) is 0 Å². The van der Waals surface area contributed by atoms with Crippen LogP contribution in [0.2, 0.25) is 10.0 Å². The lowest BCUT2D eigenvalue weighted by molar-refractivity contribution is 0.0178. The Kier molecular flexibility index (Phi) is 6.60. The number of benzene rings is 3. The molecule has 1 aliphatic heterocycles. The first-order valence-corrected chi connectivity index (χ1v) is 12.2. The van der Waals surface area contributed by atoms with Crippen molar-refractivity contribution < 1.29 is 19.5 Å². The Bertz CT molecular complexity index is 1440. The molecule has 2 heterocycles. The molecule has 2 N–H and O–H groups in total. The topological polar surface area (TPSA) is 96.8 Å². The molecule has 184 valence electrons. The number of halogens is 2. The van der Waals surface area contributed by atoms with E-state index in [0.717, 1.165) is 5.56 Å². The van der Waals surface area contributed by atoms with Gasteiger partial charge in [-0.3, -0.25) is 0 Å². The summed E-state index contributed by atoms with van der Waals surface area (Å²) in [5.41, 5.74) is 3.40. The summed E-state index contributed by atoms with van der Waals surface area (Å²) < 4.78 is 6.15. The van der Waals surface area contributed by atoms with Crippen molar-refractivity contribution in [3.8, 4) is 17.1 Å². The fourth-order valence-corrected chi connectivity index (χ4v) is 4.98. The molecule has 1 aliphatic rings. The van der Waals surface area contributed by atoms with Crippen LogP contribution in [0.25, 0.3) is 22.4 Å². The Morgan fingerprint density at radius 3 is 2.44 bits per heavy atom. The monoisotopic (exact) mass is 523 g/mol. The first kappa shape index (κ1) is 24.2. The standard InChI is InChI=1S/C27H23Cl2N3O4/c1-14(2)25-18(24(32-36-25)22-19(28)6-4-7-20(22)29)13-35-16-11-9-15(10-12-16)26-30-21-8-3-5-17(27(33)34)23(21)31-26/h3-12,14,18,25H,13H2,1-2H3,(H,30,31)(H,33,34). The van der Waals surface area contributed by atoms with E-state index in [1.807, 2.05) is 24.3 Å². The minimum absolute atomic E-state index is 0.157. The van der Waals surface area contributed by atoms with E-state index in [9.17, 15) is 9.90 Å². The third-order valence-electron chi connectivity index (χ3n) is 6.20. The van der Waals surface area contributed by atoms with E-state index in [0.29, 0.717) is 50.5 Å². The van der Waals surface area contributed by atoms with Crippen LogP contribution in [0.4, 0.5) is 0 Å². The maximum atomic E-state index is 11.5. The molecule has 3 aromatic carbocycles. The number of carbonyl (C=O) groups is 1. The van der Waals surface area contributed by atoms with E-state index in [-0.39, 0.29) is 23.5 Å². The largest absolute Gasteiger partial charge is 0.493 e. The fraction of sp³-hybridized carbons (Fsp3) is 0.222. The number of carboxylic acid groups (broad SMARTS) is 1. The second-order valence-electron chi connectivity index (χ2n) is 8.92. The molecule has 36 heavy (non-hydrogen) atoms. The SMILES string of the molecule is CC(C)C1ON=C(c2c(Cl)cccc2Cl)C1COc1ccc(-c2nc3c(C(=O)O)cccc3[nH]2)cc1. The van der Waals surface area contributed by atoms with Gasteiger partial charge in [-0.25, -0.2) is 9.78 Å². The van der Waals surface area contributed by atoms with Crippen LogP contribution in [-0.4, -0.2) is 39.5 Å². The Balaban J connectivity index is 1.36. The number of aromatic amines is 1. The average Bonchev–Trinajstić information content (AvgIpc) is 3.47. The van der Waals surface area contributed by atoms with E-state index in [4.69, 9.17) is 32.8 Å². The number of nitrogens with one attached hydrogen (secondary N) is 1. The number of aromatic carboxylic acids is 1. The third-order valence-corrected chi connectivity index (χ3v) is 6.83. The summed E-state index contributed by atoms with van der Waals surface area (Å²) in [6.07, 6.45) is -0.175. The van der Waals surface area contributed by atoms with Crippen molar-refractivity contribution >= 4 is 45.9 Å². The molecule has 1 aromatic heterocycles. The van der Waals surface area contributed by atoms with Gasteiger partial charge in [-0.15, -0.1) is 0 Å². The van der Waals surface area contributed by atoms with Crippen molar-refractivity contribution in [2.45, 2.75) is 20.0 Å². The van der Waals surface area contributed by atoms with Gasteiger partial charge in [0.2, 0.25) is 0 Å². The molecular weight excluding hydrogens is 501 g/mol. The first-order chi connectivity index (χ1) is 17.3. The molecule has 0 spiro atoms. The van der Waals surface area contributed by atoms with Crippen molar-refractivity contribution in [3.05, 3.63) is 81.8 Å². The van der Waals surface area contributed by atoms with Gasteiger partial charge in [0.05, 0.1) is 27.0 Å². The minimum atomic E-state index is -1.01. The number of fused-ring (bicyclic) bond motifs is 1. The molecule has 2 unspecified atom stereocenters. The summed E-state index contributed by atoms with van der Waals surface area (Å²) in [5, 5.41) is 14.8. The Hall–Kier alpha value is -3.55. The predicted octanol–water partition coefficient (Wildman–Crippen LogP) is 6.69. The third kappa shape index (κ3) is 4.52. The zero-order valence-electron chi connectivity index (χ0n) is 19.5. The highest BCUT2D eigenvalue weighted by molar-refractivity contribution is 6.40. The average molecular weight is 524 g/mol. The summed E-state index contributed by atoms with van der Waals surface area (Å²) >= 11 is 12.9. The maximum absolute atomic E-state index is 11.5. The smallest absolute Gasteiger partial charge is 0.337 e. The van der Waals surface area contributed by atoms with E-state index >= 15 is 0 Å². The van der Waals surface area contributed by atoms with Crippen molar-refractivity contribution in [1.82, 2.24) is 9.97 Å². The van der Waals surface area contributed by atoms with Gasteiger partial charge in [0.25, 0.3) is 0 Å². The van der Waals surface area contributed by atoms with Gasteiger partial charge >= 0.3 is 5.97 Å². The Morgan fingerprint density at radius 1 is 1.08 bits per heavy atom. The van der Waals surface area contributed by atoms with Gasteiger partial charge in [-0.05, 0) is 54.4 Å². The second-order valence-corrected chi connectivity index (χ2v) is 9.74. The van der Waals surface area contributed by atoms with Crippen LogP contribution in [0.15, 0.2) is 65.8 Å². The molecule has 0 saturated carbocycles. The van der Waals surface area contributed by atoms with Crippen LogP contribution in [0.5, 0.6) is 5.75 Å². The van der Waals surface area contributed by atoms with Crippen LogP contribution in [0, 0.1) is 11.8 Å². The lowest BCUT2D eigenvalue weighted by Crippen LogP contribution is -2.33. The normalized spacial score (nSPS) is 17.3. The van der Waals surface area contributed by atoms with E-state index < -0.39 is 5.97 Å². The van der Waals surface area contributed by atoms with Crippen molar-refractivity contribution in [2.75, 3.05) is 6.61 Å². The lowest BCUT2D eigenvalue weighted by Gasteiger charge is -2.22. The second kappa shape index (κ2) is 9.84. The van der Waals surface area contributed by atoms with Gasteiger partial charge in [-0.2, -0.15) is 0 Å². The maximum Gasteiger partial charge on any atom is 0.337 e. The van der Waals surface area contributed by atoms with Gasteiger partial charge in [-0.1, -0.05) is 54.3 Å². The van der Waals surface area contributed by atoms with Crippen LogP contribution in [0.3, 0.4) is 0 Å². The van der Waals surface area contributed by atoms with Crippen molar-refractivity contribution in [2.24, 2.45) is 17.0 Å². The van der Waals surface area contributed by atoms with Crippen molar-refractivity contribution in [1.29, 1.82) is 0 Å². The quantitative estimate of drug-likeness (QED) is 0.281. The van der Waals surface area contributed by atoms with Crippen LogP contribution >= 0.6 is 23.2 Å². The van der Waals surface area contributed by atoms with Crippen LogP contribution in [0.1, 0.15) is 29.8 Å². The van der Waals surface area contributed by atoms with E-state index in [2.05, 4.69) is 29.0 Å². The number of H-pyrrole nitrogens is 1. The van der Waals surface area contributed by atoms with Crippen LogP contribution < -0.4 is 4.74 Å². The number of imidazole rings is 1. The van der Waals surface area contributed by atoms with Gasteiger partial charge < -0.3 is 19.7 Å². The highest BCUT2D eigenvalue weighted by Gasteiger charge is 2.39. The Morgan fingerprint density at radius 2 is 1.78 bits per heavy atom. The summed E-state index contributed by atoms with van der Waals surface area (Å²) in [6, 6.07) is 17.8. The molecule has 2 atom stereocenters. The molecule has 4 aromatic rings. The number of hydrogen-bond acceptors (Lipinski definition) is 5. The number of rotatable bonds is 7. The molecule has 0 amide bonds. The fourth-order valence-electron chi connectivity index (χ4n) is 4.38. The lowest BCUT2D eigenvalue weighted by atomic mass is 9.87. The molecule has 0 saturated heterocycles. The van der Waals surface area contributed by atoms with E-state index in [1.54, 1.807) is 30.3 Å². The number of oxime groups is 1. The minimum Gasteiger partial charge on any atom is -0.493 e. The summed E-state index contributed by atoms with van der Waals surface area (Å²) in [6.45, 7) is 4.47. The molecule has 0 aliphatic carbocycles. The molecule has 0 bridgehead atoms. The zero-order chi connectivity index (χ0) is 25.4. The first-order valence-electron chi connectivity index (χ1n) is 11.5. The predicted molar refractivity (Wildman–Crippen MR) is 140 cm³/mol. The van der Waals surface area contributed by atoms with Gasteiger partial charge in [0.1, 0.15) is 35.5 Å². The molecule has 5 rings (SSSR count). The van der Waals surface area contributed by atoms with Crippen LogP contribution in [-0.2, 0) is 4.84 Å². The molecular formula is C27H23Cl2N3O4. The highest BCUT2D eigenvalue weighted by atomic mass is 35.5.